The van der Waals surface area contributed by atoms with Gasteiger partial charge in [-0.05, 0) is 67.4 Å². The van der Waals surface area contributed by atoms with Crippen LogP contribution in [-0.4, -0.2) is 60.0 Å². The number of ether oxygens (including phenoxy) is 2. The van der Waals surface area contributed by atoms with Crippen LogP contribution in [0.5, 0.6) is 17.2 Å². The lowest BCUT2D eigenvalue weighted by Gasteiger charge is -2.27. The molecule has 12 heteroatoms. The fourth-order valence-electron chi connectivity index (χ4n) is 4.24. The van der Waals surface area contributed by atoms with Crippen molar-refractivity contribution in [2.45, 2.75) is 24.2 Å². The number of nitrogens with zero attached hydrogens (tertiary/aromatic N) is 2. The quantitative estimate of drug-likeness (QED) is 0.388. The molecule has 208 valence electrons. The van der Waals surface area contributed by atoms with E-state index in [1.54, 1.807) is 36.4 Å². The lowest BCUT2D eigenvalue weighted by atomic mass is 10.2. The molecule has 1 aliphatic heterocycles. The highest BCUT2D eigenvalue weighted by atomic mass is 32.2. The number of piperidine rings is 1. The summed E-state index contributed by atoms with van der Waals surface area (Å²) in [5.41, 5.74) is 0.479. The molecule has 3 aromatic rings. The summed E-state index contributed by atoms with van der Waals surface area (Å²) in [6.07, 6.45) is 3.53. The lowest BCUT2D eigenvalue weighted by molar-refractivity contribution is -0.114. The Hall–Kier alpha value is -3.61. The number of anilines is 2. The molecule has 0 radical (unpaired) electrons. The first-order valence-electron chi connectivity index (χ1n) is 12.4. The van der Waals surface area contributed by atoms with Crippen molar-refractivity contribution in [3.8, 4) is 17.2 Å². The highest BCUT2D eigenvalue weighted by Gasteiger charge is 2.29. The Labute approximate surface area is 229 Å². The first-order valence-corrected chi connectivity index (χ1v) is 15.7. The number of methoxy groups -OCH3 is 1. The van der Waals surface area contributed by atoms with E-state index >= 15 is 0 Å². The minimum atomic E-state index is -3.84. The lowest BCUT2D eigenvalue weighted by Crippen LogP contribution is -2.37. The second-order valence-corrected chi connectivity index (χ2v) is 12.9. The highest BCUT2D eigenvalue weighted by Crippen LogP contribution is 2.31. The van der Waals surface area contributed by atoms with Crippen LogP contribution in [0.2, 0.25) is 0 Å². The molecule has 0 saturated carbocycles. The van der Waals surface area contributed by atoms with Crippen molar-refractivity contribution in [2.75, 3.05) is 42.6 Å². The Balaban J connectivity index is 1.51. The maximum atomic E-state index is 13.3. The minimum Gasteiger partial charge on any atom is -0.495 e. The van der Waals surface area contributed by atoms with Gasteiger partial charge >= 0.3 is 0 Å². The average Bonchev–Trinajstić information content (AvgIpc) is 2.93. The predicted molar refractivity (Wildman–Crippen MR) is 149 cm³/mol. The number of nitrogens with one attached hydrogen (secondary N) is 1. The van der Waals surface area contributed by atoms with Gasteiger partial charge in [0, 0.05) is 18.8 Å². The van der Waals surface area contributed by atoms with Crippen LogP contribution >= 0.6 is 0 Å². The van der Waals surface area contributed by atoms with E-state index in [2.05, 4.69) is 5.32 Å². The van der Waals surface area contributed by atoms with Gasteiger partial charge in [0.1, 0.15) is 28.7 Å². The van der Waals surface area contributed by atoms with Crippen molar-refractivity contribution in [3.63, 3.8) is 0 Å². The Kier molecular flexibility index (Phi) is 8.78. The van der Waals surface area contributed by atoms with Gasteiger partial charge in [-0.25, -0.2) is 16.8 Å². The molecule has 1 N–H and O–H groups in total. The molecule has 0 atom stereocenters. The summed E-state index contributed by atoms with van der Waals surface area (Å²) in [6.45, 7) is 0.319. The Morgan fingerprint density at radius 2 is 1.54 bits per heavy atom. The molecular weight excluding hydrogens is 542 g/mol. The van der Waals surface area contributed by atoms with E-state index in [4.69, 9.17) is 9.47 Å². The van der Waals surface area contributed by atoms with Crippen molar-refractivity contribution < 1.29 is 31.1 Å². The summed E-state index contributed by atoms with van der Waals surface area (Å²) in [7, 11) is -6.29. The molecule has 1 saturated heterocycles. The number of hydrogen-bond acceptors (Lipinski definition) is 7. The molecule has 0 aromatic heterocycles. The van der Waals surface area contributed by atoms with Gasteiger partial charge in [0.15, 0.2) is 0 Å². The summed E-state index contributed by atoms with van der Waals surface area (Å²) in [6, 6.07) is 19.7. The fraction of sp³-hybridized carbons (Fsp3) is 0.296. The molecule has 0 bridgehead atoms. The smallest absolute Gasteiger partial charge is 0.246 e. The van der Waals surface area contributed by atoms with E-state index in [-0.39, 0.29) is 22.0 Å². The Morgan fingerprint density at radius 1 is 0.897 bits per heavy atom. The van der Waals surface area contributed by atoms with E-state index in [1.165, 1.54) is 29.6 Å². The number of hydrogen-bond donors (Lipinski definition) is 1. The van der Waals surface area contributed by atoms with Gasteiger partial charge in [-0.2, -0.15) is 4.31 Å². The largest absolute Gasteiger partial charge is 0.495 e. The molecule has 39 heavy (non-hydrogen) atoms. The van der Waals surface area contributed by atoms with Crippen LogP contribution in [0.3, 0.4) is 0 Å². The number of para-hydroxylation sites is 1. The second kappa shape index (κ2) is 12.1. The molecule has 0 unspecified atom stereocenters. The molecule has 4 rings (SSSR count). The zero-order valence-electron chi connectivity index (χ0n) is 21.7. The average molecular weight is 574 g/mol. The van der Waals surface area contributed by atoms with E-state index in [0.717, 1.165) is 29.8 Å². The van der Waals surface area contributed by atoms with Gasteiger partial charge in [0.2, 0.25) is 26.0 Å². The van der Waals surface area contributed by atoms with E-state index in [9.17, 15) is 21.6 Å². The summed E-state index contributed by atoms with van der Waals surface area (Å²) >= 11 is 0. The van der Waals surface area contributed by atoms with E-state index in [1.807, 2.05) is 18.2 Å². The Bertz CT molecular complexity index is 1500. The van der Waals surface area contributed by atoms with Gasteiger partial charge in [0.05, 0.1) is 19.1 Å². The van der Waals surface area contributed by atoms with Crippen LogP contribution < -0.4 is 19.1 Å². The zero-order valence-corrected chi connectivity index (χ0v) is 23.4. The maximum Gasteiger partial charge on any atom is 0.246 e. The van der Waals surface area contributed by atoms with Crippen molar-refractivity contribution in [2.24, 2.45) is 0 Å². The standard InChI is InChI=1S/C27H31N3O7S2/c1-36-25-16-11-21(19-26(25)39(34,35)29-17-7-4-8-18-29)28-27(31)20-30(38(2,32)33)22-12-14-24(15-13-22)37-23-9-5-3-6-10-23/h3,5-6,9-16,19H,4,7-8,17-18,20H2,1-2H3,(H,28,31). The Morgan fingerprint density at radius 3 is 2.15 bits per heavy atom. The molecule has 0 aliphatic carbocycles. The minimum absolute atomic E-state index is 0.0568. The third kappa shape index (κ3) is 7.08. The molecular formula is C27H31N3O7S2. The molecule has 1 fully saturated rings. The van der Waals surface area contributed by atoms with Crippen molar-refractivity contribution >= 4 is 37.3 Å². The number of carbonyl (C=O) groups is 1. The number of carbonyl (C=O) groups excluding carboxylic acids is 1. The van der Waals surface area contributed by atoms with Gasteiger partial charge in [-0.1, -0.05) is 24.6 Å². The number of benzene rings is 3. The molecule has 10 nitrogen and oxygen atoms in total. The van der Waals surface area contributed by atoms with E-state index < -0.39 is 32.5 Å². The summed E-state index contributed by atoms with van der Waals surface area (Å²) in [4.78, 5) is 12.9. The van der Waals surface area contributed by atoms with E-state index in [0.29, 0.717) is 24.6 Å². The van der Waals surface area contributed by atoms with Crippen LogP contribution in [0.15, 0.2) is 77.7 Å². The third-order valence-corrected chi connectivity index (χ3v) is 9.23. The molecule has 1 heterocycles. The SMILES string of the molecule is COc1ccc(NC(=O)CN(c2ccc(Oc3ccccc3)cc2)S(C)(=O)=O)cc1S(=O)(=O)N1CCCCC1. The predicted octanol–water partition coefficient (Wildman–Crippen LogP) is 4.07. The molecule has 3 aromatic carbocycles. The second-order valence-electron chi connectivity index (χ2n) is 9.06. The summed E-state index contributed by atoms with van der Waals surface area (Å²) in [5, 5.41) is 2.62. The van der Waals surface area contributed by atoms with Gasteiger partial charge in [0.25, 0.3) is 0 Å². The number of rotatable bonds is 10. The first kappa shape index (κ1) is 28.4. The summed E-state index contributed by atoms with van der Waals surface area (Å²) in [5.74, 6) is 0.653. The monoisotopic (exact) mass is 573 g/mol. The van der Waals surface area contributed by atoms with Crippen LogP contribution in [0, 0.1) is 0 Å². The molecule has 0 spiro atoms. The topological polar surface area (TPSA) is 122 Å². The normalized spacial score (nSPS) is 14.4. The van der Waals surface area contributed by atoms with Crippen LogP contribution in [-0.2, 0) is 24.8 Å². The van der Waals surface area contributed by atoms with Gasteiger partial charge < -0.3 is 14.8 Å². The molecule has 1 aliphatic rings. The van der Waals surface area contributed by atoms with Crippen molar-refractivity contribution in [1.29, 1.82) is 0 Å². The highest BCUT2D eigenvalue weighted by molar-refractivity contribution is 7.92. The maximum absolute atomic E-state index is 13.3. The third-order valence-electron chi connectivity index (χ3n) is 6.17. The van der Waals surface area contributed by atoms with Gasteiger partial charge in [-0.3, -0.25) is 9.10 Å². The van der Waals surface area contributed by atoms with Crippen LogP contribution in [0.4, 0.5) is 11.4 Å². The van der Waals surface area contributed by atoms with Crippen molar-refractivity contribution in [3.05, 3.63) is 72.8 Å². The number of amides is 1. The van der Waals surface area contributed by atoms with Crippen LogP contribution in [0.1, 0.15) is 19.3 Å². The first-order chi connectivity index (χ1) is 18.6. The zero-order chi connectivity index (χ0) is 28.0. The van der Waals surface area contributed by atoms with Gasteiger partial charge in [-0.15, -0.1) is 0 Å². The molecule has 1 amide bonds. The summed E-state index contributed by atoms with van der Waals surface area (Å²) < 4.78 is 65.1. The van der Waals surface area contributed by atoms with Crippen LogP contribution in [0.25, 0.3) is 0 Å². The fourth-order valence-corrected chi connectivity index (χ4v) is 6.79. The number of sulfonamides is 2. The van der Waals surface area contributed by atoms with Crippen molar-refractivity contribution in [1.82, 2.24) is 4.31 Å².